The van der Waals surface area contributed by atoms with Gasteiger partial charge >= 0.3 is 5.97 Å². The first-order valence-electron chi connectivity index (χ1n) is 7.01. The fraction of sp³-hybridized carbons (Fsp3) is 0.500. The highest BCUT2D eigenvalue weighted by molar-refractivity contribution is 5.74. The molecular formula is C16H21NO3. The Morgan fingerprint density at radius 2 is 1.95 bits per heavy atom. The van der Waals surface area contributed by atoms with Gasteiger partial charge in [0, 0.05) is 24.9 Å². The van der Waals surface area contributed by atoms with Crippen LogP contribution in [0.3, 0.4) is 0 Å². The summed E-state index contributed by atoms with van der Waals surface area (Å²) in [6.07, 6.45) is 0.969. The number of carboxylic acid groups (broad SMARTS) is 1. The Morgan fingerprint density at radius 3 is 2.45 bits per heavy atom. The number of hydrogen-bond acceptors (Lipinski definition) is 3. The van der Waals surface area contributed by atoms with Crippen LogP contribution in [0.4, 0.5) is 0 Å². The Labute approximate surface area is 119 Å². The van der Waals surface area contributed by atoms with Gasteiger partial charge in [-0.05, 0) is 11.5 Å². The lowest BCUT2D eigenvalue weighted by Gasteiger charge is -2.27. The second-order valence-electron chi connectivity index (χ2n) is 5.80. The molecule has 0 aromatic heterocycles. The predicted octanol–water partition coefficient (Wildman–Crippen LogP) is 2.01. The van der Waals surface area contributed by atoms with Gasteiger partial charge in [0.15, 0.2) is 0 Å². The monoisotopic (exact) mass is 275 g/mol. The third-order valence-corrected chi connectivity index (χ3v) is 4.07. The van der Waals surface area contributed by atoms with Gasteiger partial charge in [-0.3, -0.25) is 9.69 Å². The average molecular weight is 275 g/mol. The number of aldehydes is 1. The van der Waals surface area contributed by atoms with Gasteiger partial charge in [-0.15, -0.1) is 0 Å². The third-order valence-electron chi connectivity index (χ3n) is 4.07. The van der Waals surface area contributed by atoms with Crippen molar-refractivity contribution in [2.75, 3.05) is 13.1 Å². The largest absolute Gasteiger partial charge is 0.480 e. The van der Waals surface area contributed by atoms with Crippen LogP contribution in [0.2, 0.25) is 0 Å². The van der Waals surface area contributed by atoms with Crippen molar-refractivity contribution in [1.82, 2.24) is 4.90 Å². The molecule has 1 aromatic rings. The highest BCUT2D eigenvalue weighted by Crippen LogP contribution is 2.33. The van der Waals surface area contributed by atoms with Crippen LogP contribution in [0.25, 0.3) is 0 Å². The summed E-state index contributed by atoms with van der Waals surface area (Å²) in [6.45, 7) is 4.97. The highest BCUT2D eigenvalue weighted by Gasteiger charge is 2.40. The van der Waals surface area contributed by atoms with E-state index in [0.717, 1.165) is 11.8 Å². The van der Waals surface area contributed by atoms with E-state index < -0.39 is 12.0 Å². The standard InChI is InChI=1S/C16H21NO3/c1-11(2)15(16(19)20)17-8-13(10-18)14(9-17)12-6-4-3-5-7-12/h3-7,10-11,13-15H,8-9H2,1-2H3,(H,19,20). The van der Waals surface area contributed by atoms with Crippen molar-refractivity contribution in [2.24, 2.45) is 11.8 Å². The number of rotatable bonds is 5. The summed E-state index contributed by atoms with van der Waals surface area (Å²) < 4.78 is 0. The molecule has 1 aromatic carbocycles. The van der Waals surface area contributed by atoms with Crippen LogP contribution >= 0.6 is 0 Å². The average Bonchev–Trinajstić information content (AvgIpc) is 2.82. The molecule has 4 nitrogen and oxygen atoms in total. The normalized spacial score (nSPS) is 24.8. The van der Waals surface area contributed by atoms with Gasteiger partial charge in [-0.25, -0.2) is 0 Å². The molecular weight excluding hydrogens is 254 g/mol. The van der Waals surface area contributed by atoms with Gasteiger partial charge < -0.3 is 9.90 Å². The Hall–Kier alpha value is -1.68. The molecule has 20 heavy (non-hydrogen) atoms. The molecule has 0 spiro atoms. The molecule has 4 heteroatoms. The van der Waals surface area contributed by atoms with Crippen molar-refractivity contribution in [3.05, 3.63) is 35.9 Å². The zero-order valence-corrected chi connectivity index (χ0v) is 11.9. The molecule has 1 N–H and O–H groups in total. The summed E-state index contributed by atoms with van der Waals surface area (Å²) in [5, 5.41) is 9.39. The maximum atomic E-state index is 11.4. The molecule has 0 aliphatic carbocycles. The summed E-state index contributed by atoms with van der Waals surface area (Å²) in [5.74, 6) is -0.819. The first-order chi connectivity index (χ1) is 9.54. The fourth-order valence-corrected chi connectivity index (χ4v) is 3.14. The van der Waals surface area contributed by atoms with Crippen LogP contribution in [0.5, 0.6) is 0 Å². The Balaban J connectivity index is 2.21. The second-order valence-corrected chi connectivity index (χ2v) is 5.80. The molecule has 1 aliphatic heterocycles. The van der Waals surface area contributed by atoms with E-state index in [-0.39, 0.29) is 17.8 Å². The zero-order chi connectivity index (χ0) is 14.7. The summed E-state index contributed by atoms with van der Waals surface area (Å²) in [5.41, 5.74) is 1.11. The van der Waals surface area contributed by atoms with Crippen molar-refractivity contribution < 1.29 is 14.7 Å². The van der Waals surface area contributed by atoms with Crippen molar-refractivity contribution in [2.45, 2.75) is 25.8 Å². The van der Waals surface area contributed by atoms with Crippen molar-refractivity contribution >= 4 is 12.3 Å². The fourth-order valence-electron chi connectivity index (χ4n) is 3.14. The molecule has 0 saturated carbocycles. The summed E-state index contributed by atoms with van der Waals surface area (Å²) in [6, 6.07) is 9.35. The van der Waals surface area contributed by atoms with Crippen LogP contribution in [-0.4, -0.2) is 41.4 Å². The summed E-state index contributed by atoms with van der Waals surface area (Å²) in [7, 11) is 0. The van der Waals surface area contributed by atoms with Crippen LogP contribution in [0.15, 0.2) is 30.3 Å². The molecule has 0 radical (unpaired) electrons. The Kier molecular flexibility index (Phi) is 4.55. The van der Waals surface area contributed by atoms with E-state index in [4.69, 9.17) is 0 Å². The van der Waals surface area contributed by atoms with E-state index in [2.05, 4.69) is 0 Å². The van der Waals surface area contributed by atoms with Gasteiger partial charge in [0.2, 0.25) is 0 Å². The summed E-state index contributed by atoms with van der Waals surface area (Å²) >= 11 is 0. The number of hydrogen-bond donors (Lipinski definition) is 1. The highest BCUT2D eigenvalue weighted by atomic mass is 16.4. The number of carboxylic acids is 1. The maximum Gasteiger partial charge on any atom is 0.321 e. The van der Waals surface area contributed by atoms with Crippen molar-refractivity contribution in [3.8, 4) is 0 Å². The topological polar surface area (TPSA) is 57.6 Å². The first-order valence-corrected chi connectivity index (χ1v) is 7.01. The SMILES string of the molecule is CC(C)C(C(=O)O)N1CC(C=O)C(c2ccccc2)C1. The van der Waals surface area contributed by atoms with Crippen molar-refractivity contribution in [3.63, 3.8) is 0 Å². The van der Waals surface area contributed by atoms with Crippen LogP contribution in [-0.2, 0) is 9.59 Å². The number of likely N-dealkylation sites (tertiary alicyclic amines) is 1. The zero-order valence-electron chi connectivity index (χ0n) is 11.9. The van der Waals surface area contributed by atoms with E-state index in [9.17, 15) is 14.7 Å². The second kappa shape index (κ2) is 6.18. The minimum atomic E-state index is -0.807. The first kappa shape index (κ1) is 14.7. The van der Waals surface area contributed by atoms with Crippen LogP contribution in [0.1, 0.15) is 25.3 Å². The molecule has 3 unspecified atom stereocenters. The van der Waals surface area contributed by atoms with E-state index in [1.807, 2.05) is 49.1 Å². The maximum absolute atomic E-state index is 11.4. The summed E-state index contributed by atoms with van der Waals surface area (Å²) in [4.78, 5) is 24.7. The number of carbonyl (C=O) groups excluding carboxylic acids is 1. The van der Waals surface area contributed by atoms with Crippen LogP contribution in [0, 0.1) is 11.8 Å². The predicted molar refractivity (Wildman–Crippen MR) is 76.6 cm³/mol. The Morgan fingerprint density at radius 1 is 1.30 bits per heavy atom. The van der Waals surface area contributed by atoms with Gasteiger partial charge in [0.1, 0.15) is 12.3 Å². The Bertz CT molecular complexity index is 472. The smallest absolute Gasteiger partial charge is 0.321 e. The molecule has 108 valence electrons. The van der Waals surface area contributed by atoms with E-state index in [1.54, 1.807) is 0 Å². The molecule has 0 amide bonds. The number of nitrogens with zero attached hydrogens (tertiary/aromatic N) is 1. The van der Waals surface area contributed by atoms with E-state index >= 15 is 0 Å². The lowest BCUT2D eigenvalue weighted by Crippen LogP contribution is -2.43. The van der Waals surface area contributed by atoms with Gasteiger partial charge in [0.05, 0.1) is 0 Å². The van der Waals surface area contributed by atoms with Crippen molar-refractivity contribution in [1.29, 1.82) is 0 Å². The minimum Gasteiger partial charge on any atom is -0.480 e. The minimum absolute atomic E-state index is 0.0225. The molecule has 1 heterocycles. The quantitative estimate of drug-likeness (QED) is 0.835. The third kappa shape index (κ3) is 2.90. The van der Waals surface area contributed by atoms with E-state index in [0.29, 0.717) is 13.1 Å². The number of aliphatic carboxylic acids is 1. The van der Waals surface area contributed by atoms with Gasteiger partial charge in [-0.2, -0.15) is 0 Å². The van der Waals surface area contributed by atoms with E-state index in [1.165, 1.54) is 0 Å². The number of benzene rings is 1. The lowest BCUT2D eigenvalue weighted by molar-refractivity contribution is -0.144. The molecule has 1 aliphatic rings. The molecule has 3 atom stereocenters. The molecule has 1 saturated heterocycles. The molecule has 2 rings (SSSR count). The number of carbonyl (C=O) groups is 2. The van der Waals surface area contributed by atoms with Crippen LogP contribution < -0.4 is 0 Å². The molecule has 1 fully saturated rings. The molecule has 0 bridgehead atoms. The van der Waals surface area contributed by atoms with Gasteiger partial charge in [0.25, 0.3) is 0 Å². The lowest BCUT2D eigenvalue weighted by atomic mass is 9.90. The van der Waals surface area contributed by atoms with Gasteiger partial charge in [-0.1, -0.05) is 44.2 Å².